The minimum absolute atomic E-state index is 0.171. The van der Waals surface area contributed by atoms with Gasteiger partial charge in [0.1, 0.15) is 29.1 Å². The molecule has 0 spiro atoms. The van der Waals surface area contributed by atoms with Gasteiger partial charge in [-0.1, -0.05) is 6.07 Å². The summed E-state index contributed by atoms with van der Waals surface area (Å²) in [5.41, 5.74) is 1.69. The lowest BCUT2D eigenvalue weighted by Gasteiger charge is -2.27. The molecule has 0 radical (unpaired) electrons. The molecule has 1 aliphatic heterocycles. The largest absolute Gasteiger partial charge is 0.497 e. The number of aromatic nitrogens is 1. The number of rotatable bonds is 5. The fourth-order valence-corrected chi connectivity index (χ4v) is 3.84. The number of nitrogens with one attached hydrogen (secondary N) is 1. The molecule has 1 aliphatic rings. The van der Waals surface area contributed by atoms with Gasteiger partial charge in [-0.3, -0.25) is 4.98 Å². The first-order chi connectivity index (χ1) is 13.6. The van der Waals surface area contributed by atoms with Gasteiger partial charge >= 0.3 is 0 Å². The van der Waals surface area contributed by atoms with Gasteiger partial charge in [0.15, 0.2) is 5.11 Å². The first-order valence-corrected chi connectivity index (χ1v) is 9.32. The minimum atomic E-state index is -0.225. The predicted octanol–water partition coefficient (Wildman–Crippen LogP) is 4.18. The average molecular weight is 395 g/mol. The summed E-state index contributed by atoms with van der Waals surface area (Å²) < 4.78 is 17.0. The summed E-state index contributed by atoms with van der Waals surface area (Å²) in [6.45, 7) is 1.93. The van der Waals surface area contributed by atoms with E-state index in [9.17, 15) is 0 Å². The zero-order valence-corrected chi connectivity index (χ0v) is 16.7. The number of benzene rings is 1. The molecule has 0 amide bonds. The number of furan rings is 1. The fourth-order valence-electron chi connectivity index (χ4n) is 3.50. The molecule has 1 fully saturated rings. The van der Waals surface area contributed by atoms with Crippen LogP contribution in [0.1, 0.15) is 29.3 Å². The maximum atomic E-state index is 6.01. The molecule has 1 aromatic carbocycles. The van der Waals surface area contributed by atoms with E-state index < -0.39 is 0 Å². The topological polar surface area (TPSA) is 59.8 Å². The Hall–Kier alpha value is -3.06. The smallest absolute Gasteiger partial charge is 0.174 e. The number of aryl methyl sites for hydroxylation is 1. The van der Waals surface area contributed by atoms with Crippen molar-refractivity contribution in [1.82, 2.24) is 10.3 Å². The van der Waals surface area contributed by atoms with Crippen LogP contribution in [-0.2, 0) is 0 Å². The number of thiocarbonyl (C=S) groups is 1. The molecule has 0 aliphatic carbocycles. The summed E-state index contributed by atoms with van der Waals surface area (Å²) in [5.74, 6) is 3.05. The lowest BCUT2D eigenvalue weighted by Crippen LogP contribution is -2.29. The van der Waals surface area contributed by atoms with E-state index >= 15 is 0 Å². The van der Waals surface area contributed by atoms with E-state index in [0.717, 1.165) is 22.9 Å². The number of ether oxygens (including phenoxy) is 2. The summed E-state index contributed by atoms with van der Waals surface area (Å²) in [6.07, 6.45) is 1.78. The van der Waals surface area contributed by atoms with Crippen LogP contribution in [0.25, 0.3) is 0 Å². The number of methoxy groups -OCH3 is 2. The highest BCUT2D eigenvalue weighted by Crippen LogP contribution is 2.45. The lowest BCUT2D eigenvalue weighted by atomic mass is 10.0. The van der Waals surface area contributed by atoms with Crippen LogP contribution in [0.15, 0.2) is 59.1 Å². The lowest BCUT2D eigenvalue weighted by molar-refractivity contribution is 0.397. The van der Waals surface area contributed by atoms with E-state index in [1.54, 1.807) is 20.4 Å². The van der Waals surface area contributed by atoms with Crippen molar-refractivity contribution in [2.24, 2.45) is 0 Å². The van der Waals surface area contributed by atoms with Gasteiger partial charge in [-0.15, -0.1) is 0 Å². The SMILES string of the molecule is COc1ccc(OC)c(N2C(=S)N[C@@H](c3ccccn3)[C@H]2c2ccc(C)o2)c1. The Morgan fingerprint density at radius 2 is 1.96 bits per heavy atom. The summed E-state index contributed by atoms with van der Waals surface area (Å²) in [5, 5.41) is 3.97. The van der Waals surface area contributed by atoms with Crippen LogP contribution >= 0.6 is 12.2 Å². The number of hydrogen-bond donors (Lipinski definition) is 1. The Bertz CT molecular complexity index is 990. The standard InChI is InChI=1S/C21H21N3O3S/c1-13-7-9-18(27-13)20-19(15-6-4-5-11-22-15)23-21(28)24(20)16-12-14(25-2)8-10-17(16)26-3/h4-12,19-20H,1-3H3,(H,23,28)/t19-,20+/m0/s1. The van der Waals surface area contributed by atoms with Crippen molar-refractivity contribution in [1.29, 1.82) is 0 Å². The maximum absolute atomic E-state index is 6.01. The van der Waals surface area contributed by atoms with Crippen molar-refractivity contribution in [2.45, 2.75) is 19.0 Å². The molecule has 1 saturated heterocycles. The van der Waals surface area contributed by atoms with Gasteiger partial charge in [0.25, 0.3) is 0 Å². The van der Waals surface area contributed by atoms with E-state index in [-0.39, 0.29) is 12.1 Å². The van der Waals surface area contributed by atoms with Crippen LogP contribution in [0, 0.1) is 6.92 Å². The fraction of sp³-hybridized carbons (Fsp3) is 0.238. The molecule has 28 heavy (non-hydrogen) atoms. The summed E-state index contributed by atoms with van der Waals surface area (Å²) in [7, 11) is 3.27. The minimum Gasteiger partial charge on any atom is -0.497 e. The zero-order chi connectivity index (χ0) is 19.7. The molecule has 7 heteroatoms. The Labute approximate surface area is 169 Å². The van der Waals surface area contributed by atoms with Crippen molar-refractivity contribution >= 4 is 23.0 Å². The van der Waals surface area contributed by atoms with Crippen LogP contribution in [0.3, 0.4) is 0 Å². The highest BCUT2D eigenvalue weighted by molar-refractivity contribution is 7.80. The van der Waals surface area contributed by atoms with Crippen molar-refractivity contribution in [3.63, 3.8) is 0 Å². The van der Waals surface area contributed by atoms with E-state index in [4.69, 9.17) is 26.1 Å². The number of hydrogen-bond acceptors (Lipinski definition) is 5. The third kappa shape index (κ3) is 3.18. The van der Waals surface area contributed by atoms with Gasteiger partial charge in [-0.2, -0.15) is 0 Å². The maximum Gasteiger partial charge on any atom is 0.174 e. The van der Waals surface area contributed by atoms with Crippen LogP contribution in [-0.4, -0.2) is 24.3 Å². The van der Waals surface area contributed by atoms with Crippen LogP contribution in [0.2, 0.25) is 0 Å². The van der Waals surface area contributed by atoms with Crippen molar-refractivity contribution < 1.29 is 13.9 Å². The Morgan fingerprint density at radius 3 is 2.61 bits per heavy atom. The van der Waals surface area contributed by atoms with E-state index in [2.05, 4.69) is 10.3 Å². The molecule has 6 nitrogen and oxygen atoms in total. The predicted molar refractivity (Wildman–Crippen MR) is 111 cm³/mol. The monoisotopic (exact) mass is 395 g/mol. The first kappa shape index (κ1) is 18.3. The molecule has 0 bridgehead atoms. The molecule has 2 aromatic heterocycles. The summed E-state index contributed by atoms with van der Waals surface area (Å²) in [4.78, 5) is 6.54. The van der Waals surface area contributed by atoms with Crippen molar-refractivity contribution in [3.05, 3.63) is 71.9 Å². The van der Waals surface area contributed by atoms with Crippen LogP contribution in [0.4, 0.5) is 5.69 Å². The van der Waals surface area contributed by atoms with E-state index in [1.165, 1.54) is 0 Å². The van der Waals surface area contributed by atoms with Gasteiger partial charge in [-0.05, 0) is 55.5 Å². The quantitative estimate of drug-likeness (QED) is 0.651. The second-order valence-electron chi connectivity index (χ2n) is 6.48. The molecule has 4 rings (SSSR count). The molecule has 3 aromatic rings. The van der Waals surface area contributed by atoms with E-state index in [1.807, 2.05) is 60.4 Å². The molecule has 2 atom stereocenters. The Balaban J connectivity index is 1.87. The third-order valence-corrected chi connectivity index (χ3v) is 5.11. The second-order valence-corrected chi connectivity index (χ2v) is 6.87. The zero-order valence-electron chi connectivity index (χ0n) is 15.9. The first-order valence-electron chi connectivity index (χ1n) is 8.91. The van der Waals surface area contributed by atoms with Crippen LogP contribution in [0.5, 0.6) is 11.5 Å². The molecule has 0 unspecified atom stereocenters. The van der Waals surface area contributed by atoms with Gasteiger partial charge in [0, 0.05) is 12.3 Å². The van der Waals surface area contributed by atoms with E-state index in [0.29, 0.717) is 16.6 Å². The molecular formula is C21H21N3O3S. The van der Waals surface area contributed by atoms with Crippen LogP contribution < -0.4 is 19.7 Å². The number of nitrogens with zero attached hydrogens (tertiary/aromatic N) is 2. The summed E-state index contributed by atoms with van der Waals surface area (Å²) in [6, 6.07) is 15.0. The highest BCUT2D eigenvalue weighted by atomic mass is 32.1. The summed E-state index contributed by atoms with van der Waals surface area (Å²) >= 11 is 5.72. The third-order valence-electron chi connectivity index (χ3n) is 4.80. The van der Waals surface area contributed by atoms with Gasteiger partial charge in [0.05, 0.1) is 31.6 Å². The Kier molecular flexibility index (Phi) is 4.92. The number of anilines is 1. The van der Waals surface area contributed by atoms with Crippen molar-refractivity contribution in [2.75, 3.05) is 19.1 Å². The number of pyridine rings is 1. The van der Waals surface area contributed by atoms with Gasteiger partial charge in [0.2, 0.25) is 0 Å². The normalized spacial score (nSPS) is 18.8. The average Bonchev–Trinajstić information content (AvgIpc) is 3.30. The molecular weight excluding hydrogens is 374 g/mol. The van der Waals surface area contributed by atoms with Gasteiger partial charge in [-0.25, -0.2) is 0 Å². The molecule has 144 valence electrons. The molecule has 1 N–H and O–H groups in total. The van der Waals surface area contributed by atoms with Crippen molar-refractivity contribution in [3.8, 4) is 11.5 Å². The molecule has 0 saturated carbocycles. The highest BCUT2D eigenvalue weighted by Gasteiger charge is 2.43. The molecule has 3 heterocycles. The van der Waals surface area contributed by atoms with Gasteiger partial charge < -0.3 is 24.1 Å². The second kappa shape index (κ2) is 7.52. The Morgan fingerprint density at radius 1 is 1.11 bits per heavy atom.